The van der Waals surface area contributed by atoms with E-state index in [1.54, 1.807) is 11.4 Å². The Balaban J connectivity index is 1.82. The Bertz CT molecular complexity index is 1590. The van der Waals surface area contributed by atoms with E-state index in [0.717, 1.165) is 27.7 Å². The summed E-state index contributed by atoms with van der Waals surface area (Å²) in [6.07, 6.45) is 0. The summed E-state index contributed by atoms with van der Waals surface area (Å²) in [5.74, 6) is 0.550. The summed E-state index contributed by atoms with van der Waals surface area (Å²) in [5.41, 5.74) is 2.62. The molecule has 3 aromatic heterocycles. The minimum Gasteiger partial charge on any atom is -0.395 e. The molecule has 0 atom stereocenters. The van der Waals surface area contributed by atoms with Crippen molar-refractivity contribution in [3.63, 3.8) is 0 Å². The Kier molecular flexibility index (Phi) is 4.33. The van der Waals surface area contributed by atoms with E-state index in [0.29, 0.717) is 23.5 Å². The van der Waals surface area contributed by atoms with Gasteiger partial charge in [0.1, 0.15) is 0 Å². The third kappa shape index (κ3) is 2.68. The van der Waals surface area contributed by atoms with Crippen LogP contribution in [-0.2, 0) is 20.1 Å². The molecule has 0 aliphatic heterocycles. The zero-order valence-electron chi connectivity index (χ0n) is 17.7. The smallest absolute Gasteiger partial charge is 0.332 e. The predicted octanol–water partition coefficient (Wildman–Crippen LogP) is 1.96. The highest BCUT2D eigenvalue weighted by atomic mass is 16.3. The number of nitrogens with zero attached hydrogens (tertiary/aromatic N) is 5. The second-order valence-corrected chi connectivity index (χ2v) is 7.84. The van der Waals surface area contributed by atoms with Crippen molar-refractivity contribution in [2.45, 2.75) is 26.9 Å². The summed E-state index contributed by atoms with van der Waals surface area (Å²) < 4.78 is 6.36. The molecule has 8 nitrogen and oxygen atoms in total. The number of hydrogen-bond acceptors (Lipinski definition) is 4. The van der Waals surface area contributed by atoms with Crippen molar-refractivity contribution in [3.05, 3.63) is 80.3 Å². The van der Waals surface area contributed by atoms with Crippen LogP contribution in [0.4, 0.5) is 0 Å². The van der Waals surface area contributed by atoms with Crippen LogP contribution >= 0.6 is 0 Å². The molecular weight excluding hydrogens is 394 g/mol. The van der Waals surface area contributed by atoms with E-state index in [-0.39, 0.29) is 18.7 Å². The van der Waals surface area contributed by atoms with Gasteiger partial charge in [-0.2, -0.15) is 4.98 Å². The van der Waals surface area contributed by atoms with Gasteiger partial charge in [-0.25, -0.2) is 4.79 Å². The summed E-state index contributed by atoms with van der Waals surface area (Å²) in [7, 11) is 1.63. The fourth-order valence-corrected chi connectivity index (χ4v) is 4.42. The first-order valence-electron chi connectivity index (χ1n) is 10.2. The maximum Gasteiger partial charge on any atom is 0.332 e. The number of aromatic nitrogens is 5. The van der Waals surface area contributed by atoms with Gasteiger partial charge in [-0.15, -0.1) is 0 Å². The van der Waals surface area contributed by atoms with Gasteiger partial charge in [0.25, 0.3) is 5.56 Å². The summed E-state index contributed by atoms with van der Waals surface area (Å²) in [4.78, 5) is 31.3. The minimum atomic E-state index is -0.408. The molecule has 0 unspecified atom stereocenters. The van der Waals surface area contributed by atoms with Crippen molar-refractivity contribution < 1.29 is 5.11 Å². The molecule has 5 aromatic rings. The first-order valence-corrected chi connectivity index (χ1v) is 10.2. The Morgan fingerprint density at radius 1 is 0.968 bits per heavy atom. The van der Waals surface area contributed by atoms with Crippen molar-refractivity contribution in [1.29, 1.82) is 0 Å². The Morgan fingerprint density at radius 2 is 1.71 bits per heavy atom. The summed E-state index contributed by atoms with van der Waals surface area (Å²) in [5, 5.41) is 11.5. The fraction of sp³-hybridized carbons (Fsp3) is 0.261. The largest absolute Gasteiger partial charge is 0.395 e. The highest BCUT2D eigenvalue weighted by Gasteiger charge is 2.22. The van der Waals surface area contributed by atoms with Crippen LogP contribution in [0.5, 0.6) is 0 Å². The maximum absolute atomic E-state index is 13.6. The van der Waals surface area contributed by atoms with Crippen molar-refractivity contribution >= 4 is 27.7 Å². The molecule has 3 heterocycles. The molecule has 0 aliphatic rings. The lowest BCUT2D eigenvalue weighted by Gasteiger charge is -2.11. The SMILES string of the molecule is Cc1c(C)n2c3c(=O)n(Cc4cccc5ccccc45)c(=O)n(C)c3nc2n1CCO. The molecular formula is C23H23N5O3. The average molecular weight is 417 g/mol. The van der Waals surface area contributed by atoms with Crippen molar-refractivity contribution in [1.82, 2.24) is 23.1 Å². The van der Waals surface area contributed by atoms with Crippen LogP contribution < -0.4 is 11.2 Å². The topological polar surface area (TPSA) is 86.5 Å². The number of aliphatic hydroxyl groups is 1. The van der Waals surface area contributed by atoms with Gasteiger partial charge < -0.3 is 9.67 Å². The third-order valence-corrected chi connectivity index (χ3v) is 6.16. The Labute approximate surface area is 177 Å². The van der Waals surface area contributed by atoms with Gasteiger partial charge in [-0.3, -0.25) is 18.3 Å². The standard InChI is InChI=1S/C23H23N5O3/c1-14-15(2)28-19-20(24-22(28)26(14)11-12-29)25(3)23(31)27(21(19)30)13-17-9-6-8-16-7-4-5-10-18(16)17/h4-10,29H,11-13H2,1-3H3. The van der Waals surface area contributed by atoms with Gasteiger partial charge in [-0.05, 0) is 30.2 Å². The van der Waals surface area contributed by atoms with Crippen LogP contribution in [0.3, 0.4) is 0 Å². The lowest BCUT2D eigenvalue weighted by molar-refractivity contribution is 0.276. The highest BCUT2D eigenvalue weighted by molar-refractivity contribution is 5.85. The van der Waals surface area contributed by atoms with Gasteiger partial charge >= 0.3 is 5.69 Å². The van der Waals surface area contributed by atoms with Crippen LogP contribution in [0.25, 0.3) is 27.7 Å². The van der Waals surface area contributed by atoms with Crippen LogP contribution in [0.2, 0.25) is 0 Å². The van der Waals surface area contributed by atoms with E-state index in [1.807, 2.05) is 60.9 Å². The Morgan fingerprint density at radius 3 is 2.48 bits per heavy atom. The lowest BCUT2D eigenvalue weighted by Crippen LogP contribution is -2.39. The van der Waals surface area contributed by atoms with E-state index in [4.69, 9.17) is 0 Å². The van der Waals surface area contributed by atoms with E-state index < -0.39 is 5.69 Å². The molecule has 0 aliphatic carbocycles. The first kappa shape index (κ1) is 19.3. The highest BCUT2D eigenvalue weighted by Crippen LogP contribution is 2.21. The molecule has 0 radical (unpaired) electrons. The molecule has 5 rings (SSSR count). The number of imidazole rings is 2. The number of fused-ring (bicyclic) bond motifs is 4. The minimum absolute atomic E-state index is 0.0436. The second-order valence-electron chi connectivity index (χ2n) is 7.84. The summed E-state index contributed by atoms with van der Waals surface area (Å²) in [6.45, 7) is 4.34. The molecule has 1 N–H and O–H groups in total. The monoisotopic (exact) mass is 417 g/mol. The third-order valence-electron chi connectivity index (χ3n) is 6.16. The zero-order valence-corrected chi connectivity index (χ0v) is 17.7. The van der Waals surface area contributed by atoms with Gasteiger partial charge in [-0.1, -0.05) is 42.5 Å². The first-order chi connectivity index (χ1) is 14.9. The molecule has 0 amide bonds. The number of aryl methyl sites for hydroxylation is 2. The van der Waals surface area contributed by atoms with E-state index in [1.165, 1.54) is 9.13 Å². The number of aliphatic hydroxyl groups excluding tert-OH is 1. The number of benzene rings is 2. The number of rotatable bonds is 4. The van der Waals surface area contributed by atoms with Gasteiger partial charge in [0.2, 0.25) is 5.78 Å². The average Bonchev–Trinajstić information content (AvgIpc) is 3.27. The molecule has 0 spiro atoms. The second kappa shape index (κ2) is 6.95. The molecule has 158 valence electrons. The molecule has 31 heavy (non-hydrogen) atoms. The molecule has 8 heteroatoms. The summed E-state index contributed by atoms with van der Waals surface area (Å²) in [6, 6.07) is 13.8. The van der Waals surface area contributed by atoms with Crippen molar-refractivity contribution in [2.75, 3.05) is 6.61 Å². The Hall–Kier alpha value is -3.65. The predicted molar refractivity (Wildman–Crippen MR) is 120 cm³/mol. The van der Waals surface area contributed by atoms with Gasteiger partial charge in [0, 0.05) is 25.0 Å². The van der Waals surface area contributed by atoms with E-state index in [9.17, 15) is 14.7 Å². The normalized spacial score (nSPS) is 11.9. The summed E-state index contributed by atoms with van der Waals surface area (Å²) >= 11 is 0. The van der Waals surface area contributed by atoms with Crippen LogP contribution in [0.15, 0.2) is 52.1 Å². The maximum atomic E-state index is 13.6. The molecule has 0 saturated heterocycles. The van der Waals surface area contributed by atoms with E-state index >= 15 is 0 Å². The zero-order chi connectivity index (χ0) is 21.9. The van der Waals surface area contributed by atoms with Gasteiger partial charge in [0.05, 0.1) is 13.2 Å². The molecule has 0 saturated carbocycles. The van der Waals surface area contributed by atoms with Gasteiger partial charge in [0.15, 0.2) is 11.2 Å². The number of hydrogen-bond donors (Lipinski definition) is 1. The molecule has 2 aromatic carbocycles. The quantitative estimate of drug-likeness (QED) is 0.484. The fourth-order valence-electron chi connectivity index (χ4n) is 4.42. The van der Waals surface area contributed by atoms with Crippen molar-refractivity contribution in [2.24, 2.45) is 7.05 Å². The van der Waals surface area contributed by atoms with Crippen LogP contribution in [0.1, 0.15) is 17.0 Å². The molecule has 0 fully saturated rings. The molecule has 0 bridgehead atoms. The van der Waals surface area contributed by atoms with Crippen LogP contribution in [0, 0.1) is 13.8 Å². The van der Waals surface area contributed by atoms with Crippen molar-refractivity contribution in [3.8, 4) is 0 Å². The van der Waals surface area contributed by atoms with E-state index in [2.05, 4.69) is 4.98 Å². The van der Waals surface area contributed by atoms with Crippen LogP contribution in [-0.4, -0.2) is 34.8 Å². The lowest BCUT2D eigenvalue weighted by atomic mass is 10.0.